The number of benzene rings is 7. The predicted octanol–water partition coefficient (Wildman–Crippen LogP) is 13.7. The van der Waals surface area contributed by atoms with Gasteiger partial charge >= 0.3 is 0 Å². The Labute approximate surface area is 299 Å². The van der Waals surface area contributed by atoms with Crippen molar-refractivity contribution in [2.45, 2.75) is 0 Å². The van der Waals surface area contributed by atoms with Crippen molar-refractivity contribution in [2.24, 2.45) is 0 Å². The second-order valence-electron chi connectivity index (χ2n) is 12.5. The summed E-state index contributed by atoms with van der Waals surface area (Å²) in [7, 11) is 0. The minimum absolute atomic E-state index is 0.319. The van der Waals surface area contributed by atoms with Crippen molar-refractivity contribution in [1.82, 2.24) is 0 Å². The Morgan fingerprint density at radius 3 is 1.12 bits per heavy atom. The number of furan rings is 2. The fraction of sp³-hybridized carbons (Fsp3) is 0. The zero-order chi connectivity index (χ0) is 35.0. The lowest BCUT2D eigenvalue weighted by molar-refractivity contribution is 0.573. The SMILES string of the molecule is Fc1ccc(-c2c(-c3ccc(F)cc3)c3ccc(N(c4ccccc4)c4ccco4)cc3c3cc(N(c4ccccc4)c4ccco4)ccc23)cc1. The van der Waals surface area contributed by atoms with Crippen molar-refractivity contribution in [3.05, 3.63) is 194 Å². The van der Waals surface area contributed by atoms with E-state index in [-0.39, 0.29) is 11.6 Å². The van der Waals surface area contributed by atoms with Crippen LogP contribution in [0.25, 0.3) is 43.8 Å². The molecule has 52 heavy (non-hydrogen) atoms. The number of rotatable bonds is 8. The number of fused-ring (bicyclic) bond motifs is 3. The van der Waals surface area contributed by atoms with Crippen LogP contribution in [-0.4, -0.2) is 0 Å². The van der Waals surface area contributed by atoms with E-state index in [1.807, 2.05) is 84.9 Å². The summed E-state index contributed by atoms with van der Waals surface area (Å²) in [6.07, 6.45) is 3.34. The first-order chi connectivity index (χ1) is 25.6. The summed E-state index contributed by atoms with van der Waals surface area (Å²) < 4.78 is 40.7. The molecule has 0 saturated heterocycles. The number of hydrogen-bond acceptors (Lipinski definition) is 4. The molecular formula is C46H30F2N2O2. The summed E-state index contributed by atoms with van der Waals surface area (Å²) in [5.74, 6) is 0.704. The van der Waals surface area contributed by atoms with E-state index < -0.39 is 0 Å². The maximum Gasteiger partial charge on any atom is 0.204 e. The molecule has 0 spiro atoms. The van der Waals surface area contributed by atoms with Crippen molar-refractivity contribution in [1.29, 1.82) is 0 Å². The topological polar surface area (TPSA) is 32.8 Å². The smallest absolute Gasteiger partial charge is 0.204 e. The van der Waals surface area contributed by atoms with Crippen LogP contribution in [0.3, 0.4) is 0 Å². The third kappa shape index (κ3) is 5.56. The van der Waals surface area contributed by atoms with Gasteiger partial charge in [0.05, 0.1) is 12.5 Å². The molecular weight excluding hydrogens is 651 g/mol. The van der Waals surface area contributed by atoms with Gasteiger partial charge in [0, 0.05) is 34.9 Å². The lowest BCUT2D eigenvalue weighted by atomic mass is 9.84. The molecule has 0 aliphatic rings. The fourth-order valence-corrected chi connectivity index (χ4v) is 7.08. The number of anilines is 6. The Morgan fingerprint density at radius 2 is 0.750 bits per heavy atom. The maximum atomic E-state index is 14.4. The van der Waals surface area contributed by atoms with Crippen LogP contribution in [0.5, 0.6) is 0 Å². The number of nitrogens with zero attached hydrogens (tertiary/aromatic N) is 2. The fourth-order valence-electron chi connectivity index (χ4n) is 7.08. The summed E-state index contributed by atoms with van der Waals surface area (Å²) >= 11 is 0. The molecule has 0 aliphatic heterocycles. The monoisotopic (exact) mass is 680 g/mol. The van der Waals surface area contributed by atoms with Crippen molar-refractivity contribution >= 4 is 56.1 Å². The molecule has 0 N–H and O–H groups in total. The van der Waals surface area contributed by atoms with E-state index in [2.05, 4.69) is 46.2 Å². The quantitative estimate of drug-likeness (QED) is 0.150. The van der Waals surface area contributed by atoms with Gasteiger partial charge in [0.25, 0.3) is 0 Å². The van der Waals surface area contributed by atoms with Gasteiger partial charge in [-0.1, -0.05) is 72.8 Å². The molecule has 0 radical (unpaired) electrons. The number of para-hydroxylation sites is 2. The Balaban J connectivity index is 1.39. The minimum Gasteiger partial charge on any atom is -0.448 e. The first-order valence-corrected chi connectivity index (χ1v) is 17.0. The van der Waals surface area contributed by atoms with E-state index in [1.54, 1.807) is 36.8 Å². The minimum atomic E-state index is -0.319. The first kappa shape index (κ1) is 31.1. The van der Waals surface area contributed by atoms with Crippen molar-refractivity contribution < 1.29 is 17.6 Å². The molecule has 9 aromatic rings. The lowest BCUT2D eigenvalue weighted by Crippen LogP contribution is -2.09. The highest BCUT2D eigenvalue weighted by Gasteiger charge is 2.23. The zero-order valence-electron chi connectivity index (χ0n) is 27.8. The third-order valence-corrected chi connectivity index (χ3v) is 9.35. The molecule has 0 amide bonds. The van der Waals surface area contributed by atoms with Crippen molar-refractivity contribution in [3.8, 4) is 22.3 Å². The molecule has 4 nitrogen and oxygen atoms in total. The Hall–Kier alpha value is -6.92. The molecule has 0 atom stereocenters. The van der Waals surface area contributed by atoms with Crippen LogP contribution in [-0.2, 0) is 0 Å². The molecule has 0 bridgehead atoms. The largest absolute Gasteiger partial charge is 0.448 e. The van der Waals surface area contributed by atoms with Gasteiger partial charge in [-0.15, -0.1) is 0 Å². The van der Waals surface area contributed by atoms with E-state index in [0.29, 0.717) is 11.8 Å². The van der Waals surface area contributed by atoms with Crippen LogP contribution in [0.15, 0.2) is 191 Å². The van der Waals surface area contributed by atoms with Gasteiger partial charge in [0.15, 0.2) is 0 Å². The van der Waals surface area contributed by atoms with Gasteiger partial charge in [-0.3, -0.25) is 9.80 Å². The Kier molecular flexibility index (Phi) is 7.82. The van der Waals surface area contributed by atoms with Crippen LogP contribution in [0.1, 0.15) is 0 Å². The molecule has 2 aromatic heterocycles. The summed E-state index contributed by atoms with van der Waals surface area (Å²) in [6, 6.07) is 53.7. The molecule has 0 aliphatic carbocycles. The molecule has 2 heterocycles. The van der Waals surface area contributed by atoms with Gasteiger partial charge in [-0.2, -0.15) is 0 Å². The predicted molar refractivity (Wildman–Crippen MR) is 206 cm³/mol. The average Bonchev–Trinajstić information content (AvgIpc) is 3.92. The molecule has 6 heteroatoms. The maximum absolute atomic E-state index is 14.4. The summed E-state index contributed by atoms with van der Waals surface area (Å²) in [4.78, 5) is 4.17. The van der Waals surface area contributed by atoms with Crippen LogP contribution in [0.4, 0.5) is 43.3 Å². The van der Waals surface area contributed by atoms with E-state index in [4.69, 9.17) is 8.83 Å². The molecule has 7 aromatic carbocycles. The van der Waals surface area contributed by atoms with Gasteiger partial charge in [-0.05, 0) is 129 Å². The normalized spacial score (nSPS) is 11.3. The first-order valence-electron chi connectivity index (χ1n) is 17.0. The molecule has 0 saturated carbocycles. The summed E-state index contributed by atoms with van der Waals surface area (Å²) in [5, 5.41) is 3.85. The van der Waals surface area contributed by atoms with Gasteiger partial charge in [0.1, 0.15) is 11.6 Å². The molecule has 9 rings (SSSR count). The molecule has 0 unspecified atom stereocenters. The number of halogens is 2. The number of hydrogen-bond donors (Lipinski definition) is 0. The zero-order valence-corrected chi connectivity index (χ0v) is 27.8. The van der Waals surface area contributed by atoms with Crippen molar-refractivity contribution in [2.75, 3.05) is 9.80 Å². The second-order valence-corrected chi connectivity index (χ2v) is 12.5. The third-order valence-electron chi connectivity index (χ3n) is 9.35. The summed E-state index contributed by atoms with van der Waals surface area (Å²) in [5.41, 5.74) is 7.20. The highest BCUT2D eigenvalue weighted by atomic mass is 19.1. The Morgan fingerprint density at radius 1 is 0.346 bits per heavy atom. The van der Waals surface area contributed by atoms with Crippen LogP contribution in [0, 0.1) is 11.6 Å². The average molecular weight is 681 g/mol. The molecule has 0 fully saturated rings. The molecule has 250 valence electrons. The van der Waals surface area contributed by atoms with Gasteiger partial charge in [0.2, 0.25) is 11.8 Å². The second kappa shape index (κ2) is 13.1. The van der Waals surface area contributed by atoms with Crippen LogP contribution < -0.4 is 9.80 Å². The Bertz CT molecular complexity index is 2440. The van der Waals surface area contributed by atoms with Gasteiger partial charge < -0.3 is 8.83 Å². The van der Waals surface area contributed by atoms with E-state index in [1.165, 1.54) is 24.3 Å². The summed E-state index contributed by atoms with van der Waals surface area (Å²) in [6.45, 7) is 0. The van der Waals surface area contributed by atoms with E-state index in [0.717, 1.165) is 66.5 Å². The van der Waals surface area contributed by atoms with Crippen LogP contribution >= 0.6 is 0 Å². The lowest BCUT2D eigenvalue weighted by Gasteiger charge is -2.26. The van der Waals surface area contributed by atoms with Crippen LogP contribution in [0.2, 0.25) is 0 Å². The van der Waals surface area contributed by atoms with Crippen molar-refractivity contribution in [3.63, 3.8) is 0 Å². The van der Waals surface area contributed by atoms with E-state index >= 15 is 0 Å². The highest BCUT2D eigenvalue weighted by Crippen LogP contribution is 2.48. The van der Waals surface area contributed by atoms with Gasteiger partial charge in [-0.25, -0.2) is 8.78 Å². The van der Waals surface area contributed by atoms with E-state index in [9.17, 15) is 8.78 Å². The standard InChI is InChI=1S/C46H30F2N2O2/c47-33-19-15-31(16-20-33)45-39-25-23-37(49(43-13-7-27-51-43)35-9-3-1-4-10-35)29-41(39)42-30-38(24-26-40(42)46(45)32-17-21-34(48)22-18-32)50(44-14-8-28-52-44)36-11-5-2-6-12-36/h1-30H. The highest BCUT2D eigenvalue weighted by molar-refractivity contribution is 6.23.